The van der Waals surface area contributed by atoms with Crippen LogP contribution in [0.5, 0.6) is 11.5 Å². The van der Waals surface area contributed by atoms with Gasteiger partial charge in [-0.15, -0.1) is 0 Å². The summed E-state index contributed by atoms with van der Waals surface area (Å²) in [6.45, 7) is 3.86. The number of carbonyl (C=O) groups excluding carboxylic acids is 1. The van der Waals surface area contributed by atoms with E-state index in [2.05, 4.69) is 6.07 Å². The predicted octanol–water partition coefficient (Wildman–Crippen LogP) is 5.86. The van der Waals surface area contributed by atoms with E-state index in [-0.39, 0.29) is 11.5 Å². The molecule has 0 bridgehead atoms. The Hall–Kier alpha value is -2.92. The minimum absolute atomic E-state index is 0.0304. The molecule has 0 amide bonds. The number of benzene rings is 3. The number of hydrogen-bond acceptors (Lipinski definition) is 5. The molecule has 0 radical (unpaired) electrons. The van der Waals surface area contributed by atoms with Gasteiger partial charge in [-0.05, 0) is 61.4 Å². The highest BCUT2D eigenvalue weighted by atomic mass is 32.2. The molecule has 0 aromatic heterocycles. The largest absolute Gasteiger partial charge is 0.507 e. The Morgan fingerprint density at radius 2 is 1.79 bits per heavy atom. The highest BCUT2D eigenvalue weighted by Crippen LogP contribution is 2.34. The molecule has 0 unspecified atom stereocenters. The summed E-state index contributed by atoms with van der Waals surface area (Å²) in [6, 6.07) is 19.3. The van der Waals surface area contributed by atoms with Crippen LogP contribution in [0.4, 0.5) is 5.69 Å². The molecule has 29 heavy (non-hydrogen) atoms. The fourth-order valence-corrected chi connectivity index (χ4v) is 4.07. The summed E-state index contributed by atoms with van der Waals surface area (Å²) in [5.74, 6) is 0.490. The third-order valence-corrected chi connectivity index (χ3v) is 5.48. The first kappa shape index (κ1) is 20.8. The van der Waals surface area contributed by atoms with Gasteiger partial charge in [-0.3, -0.25) is 4.79 Å². The number of hydrogen-bond donors (Lipinski definition) is 2. The number of nitrogen functional groups attached to an aromatic ring is 1. The van der Waals surface area contributed by atoms with Crippen molar-refractivity contribution in [3.05, 3.63) is 77.4 Å². The van der Waals surface area contributed by atoms with Gasteiger partial charge in [0.25, 0.3) is 0 Å². The molecule has 0 saturated carbocycles. The summed E-state index contributed by atoms with van der Waals surface area (Å²) in [4.78, 5) is 13.9. The molecule has 0 heterocycles. The standard InChI is InChI=1S/C24H25NO3S/c1-3-6-22-23(12-11-21(16(2)26)24(22)27)28-15-17-7-4-9-19(13-17)29-20-10-5-8-18(25)14-20/h4-5,7-14,27H,3,6,15,25H2,1-2H3. The van der Waals surface area contributed by atoms with E-state index in [0.29, 0.717) is 29.9 Å². The van der Waals surface area contributed by atoms with Crippen molar-refractivity contribution in [1.29, 1.82) is 0 Å². The number of rotatable bonds is 8. The number of aromatic hydroxyl groups is 1. The highest BCUT2D eigenvalue weighted by Gasteiger charge is 2.16. The first-order chi connectivity index (χ1) is 14.0. The van der Waals surface area contributed by atoms with Crippen LogP contribution in [0.2, 0.25) is 0 Å². The maximum absolute atomic E-state index is 11.7. The van der Waals surface area contributed by atoms with Crippen LogP contribution in [0.25, 0.3) is 0 Å². The van der Waals surface area contributed by atoms with Crippen molar-refractivity contribution >= 4 is 23.2 Å². The Bertz CT molecular complexity index is 1020. The normalized spacial score (nSPS) is 10.7. The fourth-order valence-electron chi connectivity index (χ4n) is 3.10. The van der Waals surface area contributed by atoms with Crippen LogP contribution in [0, 0.1) is 0 Å². The van der Waals surface area contributed by atoms with E-state index < -0.39 is 0 Å². The van der Waals surface area contributed by atoms with Crippen molar-refractivity contribution in [1.82, 2.24) is 0 Å². The lowest BCUT2D eigenvalue weighted by atomic mass is 10.0. The SMILES string of the molecule is CCCc1c(OCc2cccc(Sc3cccc(N)c3)c2)ccc(C(C)=O)c1O. The van der Waals surface area contributed by atoms with Crippen LogP contribution in [0.1, 0.15) is 41.8 Å². The lowest BCUT2D eigenvalue weighted by Crippen LogP contribution is -2.02. The summed E-state index contributed by atoms with van der Waals surface area (Å²) in [6.07, 6.45) is 1.49. The van der Waals surface area contributed by atoms with Crippen LogP contribution in [0.15, 0.2) is 70.5 Å². The van der Waals surface area contributed by atoms with Crippen molar-refractivity contribution in [2.45, 2.75) is 43.1 Å². The van der Waals surface area contributed by atoms with E-state index in [1.165, 1.54) is 6.92 Å². The molecule has 0 spiro atoms. The molecule has 0 aliphatic rings. The zero-order chi connectivity index (χ0) is 20.8. The number of Topliss-reactive ketones (excluding diaryl/α,β-unsaturated/α-hetero) is 1. The Balaban J connectivity index is 1.76. The molecular formula is C24H25NO3S. The van der Waals surface area contributed by atoms with Crippen molar-refractivity contribution in [3.63, 3.8) is 0 Å². The van der Waals surface area contributed by atoms with Crippen molar-refractivity contribution < 1.29 is 14.6 Å². The molecule has 3 rings (SSSR count). The molecule has 4 nitrogen and oxygen atoms in total. The lowest BCUT2D eigenvalue weighted by Gasteiger charge is -2.15. The maximum Gasteiger partial charge on any atom is 0.163 e. The third-order valence-electron chi connectivity index (χ3n) is 4.51. The van der Waals surface area contributed by atoms with Gasteiger partial charge in [-0.2, -0.15) is 0 Å². The Morgan fingerprint density at radius 3 is 2.48 bits per heavy atom. The number of anilines is 1. The Kier molecular flexibility index (Phi) is 6.83. The first-order valence-corrected chi connectivity index (χ1v) is 10.4. The summed E-state index contributed by atoms with van der Waals surface area (Å²) in [5.41, 5.74) is 8.65. The van der Waals surface area contributed by atoms with Gasteiger partial charge < -0.3 is 15.6 Å². The molecule has 3 aromatic rings. The number of ketones is 1. The summed E-state index contributed by atoms with van der Waals surface area (Å²) in [5, 5.41) is 10.5. The van der Waals surface area contributed by atoms with Crippen molar-refractivity contribution in [3.8, 4) is 11.5 Å². The first-order valence-electron chi connectivity index (χ1n) is 9.59. The lowest BCUT2D eigenvalue weighted by molar-refractivity contribution is 0.101. The summed E-state index contributed by atoms with van der Waals surface area (Å²) >= 11 is 1.64. The molecule has 150 valence electrons. The van der Waals surface area contributed by atoms with Gasteiger partial charge in [0.1, 0.15) is 18.1 Å². The predicted molar refractivity (Wildman–Crippen MR) is 118 cm³/mol. The van der Waals surface area contributed by atoms with Crippen LogP contribution in [-0.4, -0.2) is 10.9 Å². The highest BCUT2D eigenvalue weighted by molar-refractivity contribution is 7.99. The number of carbonyl (C=O) groups is 1. The Morgan fingerprint density at radius 1 is 1.07 bits per heavy atom. The van der Waals surface area contributed by atoms with E-state index in [4.69, 9.17) is 10.5 Å². The van der Waals surface area contributed by atoms with E-state index >= 15 is 0 Å². The van der Waals surface area contributed by atoms with Crippen LogP contribution >= 0.6 is 11.8 Å². The van der Waals surface area contributed by atoms with Gasteiger partial charge in [0, 0.05) is 21.0 Å². The number of phenolic OH excluding ortho intramolecular Hbond substituents is 1. The van der Waals surface area contributed by atoms with Crippen LogP contribution < -0.4 is 10.5 Å². The molecule has 0 fully saturated rings. The zero-order valence-corrected chi connectivity index (χ0v) is 17.5. The van der Waals surface area contributed by atoms with Crippen LogP contribution in [-0.2, 0) is 13.0 Å². The molecule has 0 atom stereocenters. The molecule has 0 aliphatic heterocycles. The second-order valence-corrected chi connectivity index (χ2v) is 8.00. The van der Waals surface area contributed by atoms with Gasteiger partial charge in [0.15, 0.2) is 5.78 Å². The summed E-state index contributed by atoms with van der Waals surface area (Å²) < 4.78 is 6.02. The second kappa shape index (κ2) is 9.52. The molecule has 0 saturated heterocycles. The van der Waals surface area contributed by atoms with Gasteiger partial charge in [-0.1, -0.05) is 43.3 Å². The van der Waals surface area contributed by atoms with Crippen LogP contribution in [0.3, 0.4) is 0 Å². The molecule has 0 aliphatic carbocycles. The van der Waals surface area contributed by atoms with E-state index in [0.717, 1.165) is 27.5 Å². The maximum atomic E-state index is 11.7. The molecule has 3 aromatic carbocycles. The average Bonchev–Trinajstić information content (AvgIpc) is 2.68. The van der Waals surface area contributed by atoms with E-state index in [1.54, 1.807) is 23.9 Å². The topological polar surface area (TPSA) is 72.5 Å². The van der Waals surface area contributed by atoms with Gasteiger partial charge in [-0.25, -0.2) is 0 Å². The molecular weight excluding hydrogens is 382 g/mol. The number of nitrogens with two attached hydrogens (primary N) is 1. The third kappa shape index (κ3) is 5.33. The average molecular weight is 408 g/mol. The van der Waals surface area contributed by atoms with E-state index in [1.807, 2.05) is 49.4 Å². The monoisotopic (exact) mass is 407 g/mol. The molecule has 3 N–H and O–H groups in total. The van der Waals surface area contributed by atoms with E-state index in [9.17, 15) is 9.90 Å². The fraction of sp³-hybridized carbons (Fsp3) is 0.208. The second-order valence-electron chi connectivity index (χ2n) is 6.86. The van der Waals surface area contributed by atoms with Gasteiger partial charge in [0.2, 0.25) is 0 Å². The smallest absolute Gasteiger partial charge is 0.163 e. The quantitative estimate of drug-likeness (QED) is 0.361. The number of phenols is 1. The molecule has 5 heteroatoms. The van der Waals surface area contributed by atoms with Gasteiger partial charge >= 0.3 is 0 Å². The minimum Gasteiger partial charge on any atom is -0.507 e. The zero-order valence-electron chi connectivity index (χ0n) is 16.6. The number of ether oxygens (including phenoxy) is 1. The minimum atomic E-state index is -0.155. The summed E-state index contributed by atoms with van der Waals surface area (Å²) in [7, 11) is 0. The Labute approximate surface area is 175 Å². The van der Waals surface area contributed by atoms with Gasteiger partial charge in [0.05, 0.1) is 5.56 Å². The van der Waals surface area contributed by atoms with Crippen molar-refractivity contribution in [2.24, 2.45) is 0 Å². The van der Waals surface area contributed by atoms with Crippen molar-refractivity contribution in [2.75, 3.05) is 5.73 Å².